The van der Waals surface area contributed by atoms with E-state index in [1.165, 1.54) is 12.8 Å². The second kappa shape index (κ2) is 4.58. The molecule has 1 heterocycles. The summed E-state index contributed by atoms with van der Waals surface area (Å²) in [4.78, 5) is 11.8. The number of aromatic nitrogens is 2. The first-order chi connectivity index (χ1) is 7.61. The van der Waals surface area contributed by atoms with Crippen molar-refractivity contribution in [3.63, 3.8) is 0 Å². The van der Waals surface area contributed by atoms with Crippen molar-refractivity contribution < 1.29 is 4.79 Å². The van der Waals surface area contributed by atoms with Crippen LogP contribution in [0.5, 0.6) is 0 Å². The first kappa shape index (κ1) is 11.6. The van der Waals surface area contributed by atoms with Gasteiger partial charge in [0, 0.05) is 19.9 Å². The zero-order valence-corrected chi connectivity index (χ0v) is 10.5. The summed E-state index contributed by atoms with van der Waals surface area (Å²) in [5.41, 5.74) is 1.75. The quantitative estimate of drug-likeness (QED) is 0.793. The molecule has 4 heteroatoms. The SMILES string of the molecule is CCc1nn(C)c(CC(=O)CC2CC2)c1Cl. The minimum atomic E-state index is 0.287. The van der Waals surface area contributed by atoms with Crippen molar-refractivity contribution in [1.82, 2.24) is 9.78 Å². The summed E-state index contributed by atoms with van der Waals surface area (Å²) in [5.74, 6) is 0.931. The number of nitrogens with zero attached hydrogens (tertiary/aromatic N) is 2. The topological polar surface area (TPSA) is 34.9 Å². The van der Waals surface area contributed by atoms with Crippen LogP contribution in [-0.4, -0.2) is 15.6 Å². The Labute approximate surface area is 101 Å². The van der Waals surface area contributed by atoms with Crippen molar-refractivity contribution in [2.24, 2.45) is 13.0 Å². The van der Waals surface area contributed by atoms with Crippen LogP contribution < -0.4 is 0 Å². The van der Waals surface area contributed by atoms with Gasteiger partial charge in [0.25, 0.3) is 0 Å². The second-order valence-electron chi connectivity index (χ2n) is 4.55. The summed E-state index contributed by atoms with van der Waals surface area (Å²) in [6.45, 7) is 2.02. The third-order valence-corrected chi connectivity index (χ3v) is 3.52. The lowest BCUT2D eigenvalue weighted by Crippen LogP contribution is -2.08. The molecule has 0 saturated heterocycles. The van der Waals surface area contributed by atoms with Gasteiger partial charge in [-0.05, 0) is 25.2 Å². The molecule has 1 saturated carbocycles. The number of Topliss-reactive ketones (excluding diaryl/α,β-unsaturated/α-hetero) is 1. The Hall–Kier alpha value is -0.830. The first-order valence-electron chi connectivity index (χ1n) is 5.83. The summed E-state index contributed by atoms with van der Waals surface area (Å²) >= 11 is 6.19. The summed E-state index contributed by atoms with van der Waals surface area (Å²) in [5, 5.41) is 4.98. The van der Waals surface area contributed by atoms with Crippen LogP contribution in [0.4, 0.5) is 0 Å². The largest absolute Gasteiger partial charge is 0.299 e. The van der Waals surface area contributed by atoms with Crippen molar-refractivity contribution >= 4 is 17.4 Å². The van der Waals surface area contributed by atoms with Crippen LogP contribution in [0.15, 0.2) is 0 Å². The summed E-state index contributed by atoms with van der Waals surface area (Å²) in [7, 11) is 1.85. The number of carbonyl (C=O) groups excluding carboxylic acids is 1. The minimum absolute atomic E-state index is 0.287. The summed E-state index contributed by atoms with van der Waals surface area (Å²) in [6.07, 6.45) is 4.38. The van der Waals surface area contributed by atoms with E-state index >= 15 is 0 Å². The number of aryl methyl sites for hydroxylation is 2. The molecule has 0 amide bonds. The number of halogens is 1. The molecule has 0 N–H and O–H groups in total. The van der Waals surface area contributed by atoms with Gasteiger partial charge in [-0.3, -0.25) is 9.48 Å². The van der Waals surface area contributed by atoms with Crippen molar-refractivity contribution in [2.75, 3.05) is 0 Å². The zero-order valence-electron chi connectivity index (χ0n) is 9.79. The lowest BCUT2D eigenvalue weighted by Gasteiger charge is -2.01. The molecule has 16 heavy (non-hydrogen) atoms. The molecule has 1 aromatic rings. The first-order valence-corrected chi connectivity index (χ1v) is 6.21. The molecule has 88 valence electrons. The standard InChI is InChI=1S/C12H17ClN2O/c1-3-10-12(13)11(15(2)14-10)7-9(16)6-8-4-5-8/h8H,3-7H2,1-2H3. The molecule has 1 aliphatic carbocycles. The fourth-order valence-corrected chi connectivity index (χ4v) is 2.28. The van der Waals surface area contributed by atoms with E-state index in [1.807, 2.05) is 14.0 Å². The predicted molar refractivity (Wildman–Crippen MR) is 63.6 cm³/mol. The Kier molecular flexibility index (Phi) is 3.33. The lowest BCUT2D eigenvalue weighted by atomic mass is 10.1. The van der Waals surface area contributed by atoms with E-state index in [0.29, 0.717) is 23.8 Å². The molecular formula is C12H17ClN2O. The highest BCUT2D eigenvalue weighted by Gasteiger charge is 2.25. The Morgan fingerprint density at radius 1 is 1.56 bits per heavy atom. The fraction of sp³-hybridized carbons (Fsp3) is 0.667. The van der Waals surface area contributed by atoms with E-state index in [2.05, 4.69) is 5.10 Å². The van der Waals surface area contributed by atoms with Crippen molar-refractivity contribution in [2.45, 2.75) is 39.0 Å². The minimum Gasteiger partial charge on any atom is -0.299 e. The van der Waals surface area contributed by atoms with E-state index in [-0.39, 0.29) is 5.78 Å². The molecule has 0 atom stereocenters. The maximum Gasteiger partial charge on any atom is 0.139 e. The Bertz CT molecular complexity index is 407. The second-order valence-corrected chi connectivity index (χ2v) is 4.93. The zero-order chi connectivity index (χ0) is 11.7. The maximum atomic E-state index is 11.8. The van der Waals surface area contributed by atoms with Crippen LogP contribution >= 0.6 is 11.6 Å². The third kappa shape index (κ3) is 2.46. The number of hydrogen-bond donors (Lipinski definition) is 0. The molecule has 0 unspecified atom stereocenters. The van der Waals surface area contributed by atoms with Crippen molar-refractivity contribution in [3.05, 3.63) is 16.4 Å². The van der Waals surface area contributed by atoms with Gasteiger partial charge in [0.15, 0.2) is 0 Å². The average Bonchev–Trinajstić information content (AvgIpc) is 3.00. The van der Waals surface area contributed by atoms with Gasteiger partial charge >= 0.3 is 0 Å². The molecule has 1 aromatic heterocycles. The number of rotatable bonds is 5. The van der Waals surface area contributed by atoms with Gasteiger partial charge in [-0.15, -0.1) is 0 Å². The van der Waals surface area contributed by atoms with Gasteiger partial charge in [-0.1, -0.05) is 18.5 Å². The van der Waals surface area contributed by atoms with E-state index < -0.39 is 0 Å². The molecule has 0 aliphatic heterocycles. The van der Waals surface area contributed by atoms with Crippen LogP contribution in [0.2, 0.25) is 5.02 Å². The molecular weight excluding hydrogens is 224 g/mol. The van der Waals surface area contributed by atoms with Gasteiger partial charge in [0.1, 0.15) is 5.78 Å². The Morgan fingerprint density at radius 3 is 2.75 bits per heavy atom. The van der Waals surface area contributed by atoms with Gasteiger partial charge < -0.3 is 0 Å². The van der Waals surface area contributed by atoms with E-state index in [1.54, 1.807) is 4.68 Å². The fourth-order valence-electron chi connectivity index (χ4n) is 1.91. The van der Waals surface area contributed by atoms with E-state index in [0.717, 1.165) is 17.8 Å². The smallest absolute Gasteiger partial charge is 0.139 e. The third-order valence-electron chi connectivity index (χ3n) is 3.08. The van der Waals surface area contributed by atoms with Crippen LogP contribution in [-0.2, 0) is 24.7 Å². The normalized spacial score (nSPS) is 15.4. The Balaban J connectivity index is 2.07. The molecule has 0 aromatic carbocycles. The molecule has 0 radical (unpaired) electrons. The van der Waals surface area contributed by atoms with E-state index in [9.17, 15) is 4.79 Å². The Morgan fingerprint density at radius 2 is 2.25 bits per heavy atom. The number of hydrogen-bond acceptors (Lipinski definition) is 2. The van der Waals surface area contributed by atoms with Crippen LogP contribution in [0.25, 0.3) is 0 Å². The molecule has 0 spiro atoms. The monoisotopic (exact) mass is 240 g/mol. The van der Waals surface area contributed by atoms with Crippen LogP contribution in [0, 0.1) is 5.92 Å². The number of ketones is 1. The van der Waals surface area contributed by atoms with Gasteiger partial charge in [-0.25, -0.2) is 0 Å². The maximum absolute atomic E-state index is 11.8. The molecule has 1 aliphatic rings. The van der Waals surface area contributed by atoms with Gasteiger partial charge in [-0.2, -0.15) is 5.10 Å². The highest BCUT2D eigenvalue weighted by molar-refractivity contribution is 6.32. The van der Waals surface area contributed by atoms with Crippen molar-refractivity contribution in [1.29, 1.82) is 0 Å². The lowest BCUT2D eigenvalue weighted by molar-refractivity contribution is -0.118. The summed E-state index contributed by atoms with van der Waals surface area (Å²) in [6, 6.07) is 0. The molecule has 3 nitrogen and oxygen atoms in total. The van der Waals surface area contributed by atoms with Gasteiger partial charge in [0.05, 0.1) is 16.4 Å². The predicted octanol–water partition coefficient (Wildman–Crippen LogP) is 2.55. The average molecular weight is 241 g/mol. The highest BCUT2D eigenvalue weighted by atomic mass is 35.5. The molecule has 0 bridgehead atoms. The van der Waals surface area contributed by atoms with E-state index in [4.69, 9.17) is 11.6 Å². The van der Waals surface area contributed by atoms with Gasteiger partial charge in [0.2, 0.25) is 0 Å². The van der Waals surface area contributed by atoms with Crippen LogP contribution in [0.1, 0.15) is 37.6 Å². The number of carbonyl (C=O) groups is 1. The van der Waals surface area contributed by atoms with Crippen molar-refractivity contribution in [3.8, 4) is 0 Å². The molecule has 2 rings (SSSR count). The summed E-state index contributed by atoms with van der Waals surface area (Å²) < 4.78 is 1.74. The molecule has 1 fully saturated rings. The highest BCUT2D eigenvalue weighted by Crippen LogP contribution is 2.33. The van der Waals surface area contributed by atoms with Crippen LogP contribution in [0.3, 0.4) is 0 Å².